The second-order valence-electron chi connectivity index (χ2n) is 4.10. The Morgan fingerprint density at radius 2 is 2.12 bits per heavy atom. The third-order valence-electron chi connectivity index (χ3n) is 2.95. The highest BCUT2D eigenvalue weighted by atomic mass is 35.5. The van der Waals surface area contributed by atoms with Crippen molar-refractivity contribution < 1.29 is 4.52 Å². The summed E-state index contributed by atoms with van der Waals surface area (Å²) in [6.45, 7) is 4.18. The van der Waals surface area contributed by atoms with Crippen molar-refractivity contribution in [3.8, 4) is 11.1 Å². The predicted molar refractivity (Wildman–Crippen MR) is 70.1 cm³/mol. The van der Waals surface area contributed by atoms with E-state index in [1.54, 1.807) is 0 Å². The van der Waals surface area contributed by atoms with Crippen molar-refractivity contribution in [3.63, 3.8) is 0 Å². The van der Waals surface area contributed by atoms with Crippen LogP contribution in [0, 0.1) is 0 Å². The third-order valence-corrected chi connectivity index (χ3v) is 3.28. The van der Waals surface area contributed by atoms with E-state index in [4.69, 9.17) is 21.9 Å². The van der Waals surface area contributed by atoms with E-state index in [-0.39, 0.29) is 5.92 Å². The number of hydrogen-bond donors (Lipinski definition) is 1. The van der Waals surface area contributed by atoms with E-state index in [9.17, 15) is 0 Å². The molecule has 0 radical (unpaired) electrons. The molecule has 0 aliphatic heterocycles. The zero-order chi connectivity index (χ0) is 12.4. The Morgan fingerprint density at radius 1 is 1.41 bits per heavy atom. The summed E-state index contributed by atoms with van der Waals surface area (Å²) in [6, 6.07) is 7.58. The van der Waals surface area contributed by atoms with Crippen molar-refractivity contribution in [1.82, 2.24) is 5.16 Å². The summed E-state index contributed by atoms with van der Waals surface area (Å²) in [7, 11) is 0. The van der Waals surface area contributed by atoms with Gasteiger partial charge in [-0.1, -0.05) is 48.8 Å². The van der Waals surface area contributed by atoms with Gasteiger partial charge in [-0.25, -0.2) is 0 Å². The van der Waals surface area contributed by atoms with Gasteiger partial charge in [-0.15, -0.1) is 0 Å². The molecule has 0 fully saturated rings. The van der Waals surface area contributed by atoms with Crippen LogP contribution < -0.4 is 5.73 Å². The summed E-state index contributed by atoms with van der Waals surface area (Å²) < 4.78 is 5.32. The van der Waals surface area contributed by atoms with Gasteiger partial charge in [-0.05, 0) is 12.5 Å². The van der Waals surface area contributed by atoms with Gasteiger partial charge in [0.2, 0.25) is 0 Å². The van der Waals surface area contributed by atoms with Crippen LogP contribution in [0.25, 0.3) is 11.1 Å². The molecule has 0 aliphatic carbocycles. The molecule has 4 heteroatoms. The van der Waals surface area contributed by atoms with Crippen molar-refractivity contribution >= 4 is 17.4 Å². The molecule has 1 unspecified atom stereocenters. The molecule has 90 valence electrons. The topological polar surface area (TPSA) is 52.0 Å². The molecule has 1 atom stereocenters. The number of hydrogen-bond acceptors (Lipinski definition) is 3. The number of nitrogens with zero attached hydrogens (tertiary/aromatic N) is 1. The van der Waals surface area contributed by atoms with E-state index < -0.39 is 0 Å². The maximum absolute atomic E-state index is 6.18. The van der Waals surface area contributed by atoms with Crippen LogP contribution in [0.3, 0.4) is 0 Å². The molecule has 3 nitrogen and oxygen atoms in total. The largest absolute Gasteiger partial charge is 0.380 e. The highest BCUT2D eigenvalue weighted by molar-refractivity contribution is 6.33. The van der Waals surface area contributed by atoms with Gasteiger partial charge in [0, 0.05) is 16.5 Å². The minimum atomic E-state index is 0.270. The van der Waals surface area contributed by atoms with Crippen LogP contribution >= 0.6 is 11.6 Å². The standard InChI is InChI=1S/C13H15ClN2O/c1-3-8(2)12-11(13(15)16-17-12)9-6-4-5-7-10(9)14/h4-8H,3H2,1-2H3,(H2,15,16). The molecule has 0 saturated carbocycles. The van der Waals surface area contributed by atoms with E-state index in [1.165, 1.54) is 0 Å². The second-order valence-corrected chi connectivity index (χ2v) is 4.50. The zero-order valence-corrected chi connectivity index (χ0v) is 10.7. The van der Waals surface area contributed by atoms with Crippen LogP contribution in [-0.2, 0) is 0 Å². The number of nitrogen functional groups attached to an aromatic ring is 1. The minimum absolute atomic E-state index is 0.270. The number of nitrogens with two attached hydrogens (primary N) is 1. The predicted octanol–water partition coefficient (Wildman–Crippen LogP) is 4.09. The molecule has 0 amide bonds. The summed E-state index contributed by atoms with van der Waals surface area (Å²) in [4.78, 5) is 0. The zero-order valence-electron chi connectivity index (χ0n) is 9.90. The van der Waals surface area contributed by atoms with Gasteiger partial charge >= 0.3 is 0 Å². The Hall–Kier alpha value is -1.48. The first kappa shape index (κ1) is 12.0. The molecule has 1 heterocycles. The Morgan fingerprint density at radius 3 is 2.76 bits per heavy atom. The Labute approximate surface area is 106 Å². The van der Waals surface area contributed by atoms with Crippen LogP contribution in [0.4, 0.5) is 5.82 Å². The molecule has 0 spiro atoms. The SMILES string of the molecule is CCC(C)c1onc(N)c1-c1ccccc1Cl. The van der Waals surface area contributed by atoms with E-state index >= 15 is 0 Å². The lowest BCUT2D eigenvalue weighted by atomic mass is 9.97. The number of halogens is 1. The van der Waals surface area contributed by atoms with E-state index in [1.807, 2.05) is 24.3 Å². The molecule has 2 N–H and O–H groups in total. The lowest BCUT2D eigenvalue weighted by Gasteiger charge is -2.08. The highest BCUT2D eigenvalue weighted by Crippen LogP contribution is 2.38. The van der Waals surface area contributed by atoms with Gasteiger partial charge in [0.05, 0.1) is 5.56 Å². The number of benzene rings is 1. The minimum Gasteiger partial charge on any atom is -0.380 e. The third kappa shape index (κ3) is 2.15. The summed E-state index contributed by atoms with van der Waals surface area (Å²) in [6.07, 6.45) is 0.964. The van der Waals surface area contributed by atoms with Gasteiger partial charge in [0.15, 0.2) is 5.82 Å². The lowest BCUT2D eigenvalue weighted by Crippen LogP contribution is -1.94. The average molecular weight is 251 g/mol. The second kappa shape index (κ2) is 4.80. The fraction of sp³-hybridized carbons (Fsp3) is 0.308. The van der Waals surface area contributed by atoms with Gasteiger partial charge in [0.25, 0.3) is 0 Å². The molecule has 0 aliphatic rings. The first-order valence-electron chi connectivity index (χ1n) is 5.65. The summed E-state index contributed by atoms with van der Waals surface area (Å²) in [5.74, 6) is 1.47. The van der Waals surface area contributed by atoms with Crippen molar-refractivity contribution in [2.75, 3.05) is 5.73 Å². The van der Waals surface area contributed by atoms with E-state index in [2.05, 4.69) is 19.0 Å². The monoisotopic (exact) mass is 250 g/mol. The van der Waals surface area contributed by atoms with Gasteiger partial charge in [-0.2, -0.15) is 0 Å². The van der Waals surface area contributed by atoms with Gasteiger partial charge < -0.3 is 10.3 Å². The van der Waals surface area contributed by atoms with Crippen LogP contribution in [0.5, 0.6) is 0 Å². The smallest absolute Gasteiger partial charge is 0.175 e. The number of aromatic nitrogens is 1. The Kier molecular flexibility index (Phi) is 3.38. The Bertz CT molecular complexity index is 522. The molecule has 0 bridgehead atoms. The fourth-order valence-electron chi connectivity index (χ4n) is 1.77. The first-order valence-corrected chi connectivity index (χ1v) is 6.02. The summed E-state index contributed by atoms with van der Waals surface area (Å²) in [5.41, 5.74) is 7.57. The van der Waals surface area contributed by atoms with Crippen molar-refractivity contribution in [1.29, 1.82) is 0 Å². The molecule has 1 aromatic heterocycles. The highest BCUT2D eigenvalue weighted by Gasteiger charge is 2.21. The molecule has 17 heavy (non-hydrogen) atoms. The lowest BCUT2D eigenvalue weighted by molar-refractivity contribution is 0.366. The van der Waals surface area contributed by atoms with Crippen LogP contribution in [0.15, 0.2) is 28.8 Å². The quantitative estimate of drug-likeness (QED) is 0.893. The van der Waals surface area contributed by atoms with Crippen molar-refractivity contribution in [3.05, 3.63) is 35.0 Å². The normalized spacial score (nSPS) is 12.6. The van der Waals surface area contributed by atoms with Crippen LogP contribution in [-0.4, -0.2) is 5.16 Å². The fourth-order valence-corrected chi connectivity index (χ4v) is 2.00. The molecule has 2 rings (SSSR count). The molecule has 0 saturated heterocycles. The van der Waals surface area contributed by atoms with Crippen molar-refractivity contribution in [2.45, 2.75) is 26.2 Å². The number of anilines is 1. The number of rotatable bonds is 3. The first-order chi connectivity index (χ1) is 8.15. The molecular formula is C13H15ClN2O. The van der Waals surface area contributed by atoms with Crippen LogP contribution in [0.2, 0.25) is 5.02 Å². The maximum Gasteiger partial charge on any atom is 0.175 e. The van der Waals surface area contributed by atoms with E-state index in [0.717, 1.165) is 23.3 Å². The molecular weight excluding hydrogens is 236 g/mol. The molecule has 1 aromatic carbocycles. The van der Waals surface area contributed by atoms with Gasteiger partial charge in [0.1, 0.15) is 5.76 Å². The van der Waals surface area contributed by atoms with Gasteiger partial charge in [-0.3, -0.25) is 0 Å². The summed E-state index contributed by atoms with van der Waals surface area (Å²) >= 11 is 6.18. The maximum atomic E-state index is 6.18. The van der Waals surface area contributed by atoms with E-state index in [0.29, 0.717) is 10.8 Å². The molecule has 2 aromatic rings. The average Bonchev–Trinajstić information content (AvgIpc) is 2.71. The van der Waals surface area contributed by atoms with Crippen LogP contribution in [0.1, 0.15) is 31.9 Å². The summed E-state index contributed by atoms with van der Waals surface area (Å²) in [5, 5.41) is 4.51. The Balaban J connectivity index is 2.59. The van der Waals surface area contributed by atoms with Crippen molar-refractivity contribution in [2.24, 2.45) is 0 Å².